The Morgan fingerprint density at radius 3 is 2.46 bits per heavy atom. The van der Waals surface area contributed by atoms with Crippen molar-refractivity contribution in [2.45, 2.75) is 23.4 Å². The number of benzene rings is 2. The summed E-state index contributed by atoms with van der Waals surface area (Å²) >= 11 is 0. The Morgan fingerprint density at radius 2 is 1.74 bits per heavy atom. The second kappa shape index (κ2) is 8.65. The van der Waals surface area contributed by atoms with Crippen molar-refractivity contribution < 1.29 is 26.3 Å². The van der Waals surface area contributed by atoms with Crippen molar-refractivity contribution in [1.82, 2.24) is 20.8 Å². The third kappa shape index (κ3) is 4.54. The number of sulfonamides is 1. The van der Waals surface area contributed by atoms with Crippen molar-refractivity contribution >= 4 is 21.7 Å². The molecule has 3 N–H and O–H groups in total. The summed E-state index contributed by atoms with van der Waals surface area (Å²) in [6.45, 7) is 0.260. The lowest BCUT2D eigenvalue weighted by Crippen LogP contribution is -2.39. The number of hydrogen-bond acceptors (Lipinski definition) is 8. The Hall–Kier alpha value is -4.00. The highest BCUT2D eigenvalue weighted by Gasteiger charge is 2.34. The number of rotatable bonds is 5. The maximum absolute atomic E-state index is 13.4. The van der Waals surface area contributed by atoms with E-state index in [-0.39, 0.29) is 23.4 Å². The number of ether oxygens (including phenoxy) is 1. The number of halogens is 3. The smallest absolute Gasteiger partial charge is 0.416 e. The summed E-state index contributed by atoms with van der Waals surface area (Å²) in [7, 11) is -3.99. The van der Waals surface area contributed by atoms with E-state index in [4.69, 9.17) is 4.74 Å². The molecule has 5 rings (SSSR count). The van der Waals surface area contributed by atoms with Gasteiger partial charge in [0.25, 0.3) is 10.0 Å². The monoisotopic (exact) mass is 504 g/mol. The van der Waals surface area contributed by atoms with Gasteiger partial charge in [-0.1, -0.05) is 12.1 Å². The molecule has 2 aliphatic heterocycles. The lowest BCUT2D eigenvalue weighted by atomic mass is 9.85. The number of fused-ring (bicyclic) bond motifs is 1. The highest BCUT2D eigenvalue weighted by atomic mass is 32.2. The molecule has 1 atom stereocenters. The van der Waals surface area contributed by atoms with Crippen LogP contribution < -0.4 is 25.4 Å². The van der Waals surface area contributed by atoms with Crippen LogP contribution >= 0.6 is 0 Å². The summed E-state index contributed by atoms with van der Waals surface area (Å²) in [4.78, 5) is 7.68. The molecule has 182 valence electrons. The first-order valence-electron chi connectivity index (χ1n) is 10.5. The van der Waals surface area contributed by atoms with Gasteiger partial charge in [0.05, 0.1) is 22.8 Å². The van der Waals surface area contributed by atoms with Gasteiger partial charge >= 0.3 is 6.18 Å². The van der Waals surface area contributed by atoms with Gasteiger partial charge in [-0.3, -0.25) is 10.9 Å². The first-order valence-corrected chi connectivity index (χ1v) is 12.0. The Balaban J connectivity index is 1.51. The summed E-state index contributed by atoms with van der Waals surface area (Å²) in [5.41, 5.74) is 6.50. The zero-order chi connectivity index (χ0) is 24.6. The number of alkyl halides is 3. The van der Waals surface area contributed by atoms with Gasteiger partial charge in [-0.15, -0.1) is 0 Å². The van der Waals surface area contributed by atoms with Gasteiger partial charge in [-0.2, -0.15) is 18.3 Å². The molecular formula is C22H19F3N6O3S. The second-order valence-electron chi connectivity index (χ2n) is 7.77. The Bertz CT molecular complexity index is 1370. The van der Waals surface area contributed by atoms with E-state index in [1.165, 1.54) is 35.7 Å². The van der Waals surface area contributed by atoms with Gasteiger partial charge in [-0.25, -0.2) is 23.1 Å². The number of nitrogens with one attached hydrogen (secondary N) is 3. The normalized spacial score (nSPS) is 17.2. The third-order valence-corrected chi connectivity index (χ3v) is 6.92. The minimum atomic E-state index is -4.51. The predicted molar refractivity (Wildman–Crippen MR) is 121 cm³/mol. The maximum atomic E-state index is 13.4. The van der Waals surface area contributed by atoms with Gasteiger partial charge in [0, 0.05) is 42.3 Å². The molecule has 0 spiro atoms. The van der Waals surface area contributed by atoms with Crippen LogP contribution in [-0.2, 0) is 16.2 Å². The number of hydrogen-bond donors (Lipinski definition) is 3. The highest BCUT2D eigenvalue weighted by Crippen LogP contribution is 2.44. The van der Waals surface area contributed by atoms with Gasteiger partial charge in [0.15, 0.2) is 0 Å². The fourth-order valence-corrected chi connectivity index (χ4v) is 4.97. The van der Waals surface area contributed by atoms with Crippen LogP contribution in [0.3, 0.4) is 0 Å². The standard InChI is InChI=1S/C22H19F3N6O3S/c23-22(24,25)14-2-4-17(19(12-14)31-28-9-10-29-31)16-6-11-34-20-13-15(3-5-18(16)20)35(32,33)30-21-26-7-1-8-27-21/h1-5,7-10,12-13,16,28-29H,6,11H2,(H,26,27,30)/t16-/m0/s1. The summed E-state index contributed by atoms with van der Waals surface area (Å²) in [5.74, 6) is -0.0653. The molecule has 35 heavy (non-hydrogen) atoms. The van der Waals surface area contributed by atoms with E-state index in [0.717, 1.165) is 12.1 Å². The van der Waals surface area contributed by atoms with Crippen LogP contribution in [0.5, 0.6) is 5.75 Å². The largest absolute Gasteiger partial charge is 0.493 e. The van der Waals surface area contributed by atoms with Crippen molar-refractivity contribution in [3.63, 3.8) is 0 Å². The van der Waals surface area contributed by atoms with Crippen molar-refractivity contribution in [2.75, 3.05) is 16.4 Å². The molecule has 3 aromatic rings. The highest BCUT2D eigenvalue weighted by molar-refractivity contribution is 7.92. The maximum Gasteiger partial charge on any atom is 0.416 e. The number of hydrazine groups is 2. The third-order valence-electron chi connectivity index (χ3n) is 5.59. The van der Waals surface area contributed by atoms with Gasteiger partial charge < -0.3 is 4.74 Å². The summed E-state index contributed by atoms with van der Waals surface area (Å²) < 4.78 is 73.9. The molecule has 0 aliphatic carbocycles. The van der Waals surface area contributed by atoms with Gasteiger partial charge in [-0.05, 0) is 36.2 Å². The average molecular weight is 504 g/mol. The molecule has 9 nitrogen and oxygen atoms in total. The van der Waals surface area contributed by atoms with E-state index in [0.29, 0.717) is 29.0 Å². The molecule has 13 heteroatoms. The van der Waals surface area contributed by atoms with E-state index in [2.05, 4.69) is 25.5 Å². The average Bonchev–Trinajstić information content (AvgIpc) is 3.38. The van der Waals surface area contributed by atoms with Crippen molar-refractivity contribution in [3.05, 3.63) is 83.9 Å². The Kier molecular flexibility index (Phi) is 5.63. The zero-order valence-electron chi connectivity index (χ0n) is 18.0. The first kappa shape index (κ1) is 22.8. The summed E-state index contributed by atoms with van der Waals surface area (Å²) in [6, 6.07) is 9.54. The minimum Gasteiger partial charge on any atom is -0.493 e. The first-order chi connectivity index (χ1) is 16.7. The van der Waals surface area contributed by atoms with Crippen LogP contribution in [0, 0.1) is 0 Å². The van der Waals surface area contributed by atoms with Crippen LogP contribution in [0.2, 0.25) is 0 Å². The molecule has 0 saturated heterocycles. The van der Waals surface area contributed by atoms with E-state index in [1.807, 2.05) is 0 Å². The van der Waals surface area contributed by atoms with E-state index < -0.39 is 21.8 Å². The van der Waals surface area contributed by atoms with Crippen LogP contribution in [0.25, 0.3) is 0 Å². The van der Waals surface area contributed by atoms with Crippen LogP contribution in [-0.4, -0.2) is 25.0 Å². The zero-order valence-corrected chi connectivity index (χ0v) is 18.8. The molecular weight excluding hydrogens is 485 g/mol. The molecule has 0 saturated carbocycles. The Morgan fingerprint density at radius 1 is 1.03 bits per heavy atom. The van der Waals surface area contributed by atoms with E-state index in [1.54, 1.807) is 24.5 Å². The lowest BCUT2D eigenvalue weighted by Gasteiger charge is -2.31. The Labute approximate surface area is 198 Å². The molecule has 0 fully saturated rings. The van der Waals surface area contributed by atoms with Crippen LogP contribution in [0.4, 0.5) is 24.8 Å². The van der Waals surface area contributed by atoms with Crippen molar-refractivity contribution in [3.8, 4) is 5.75 Å². The number of aromatic nitrogens is 2. The second-order valence-corrected chi connectivity index (χ2v) is 9.45. The minimum absolute atomic E-state index is 0.0518. The fourth-order valence-electron chi connectivity index (χ4n) is 4.00. The quantitative estimate of drug-likeness (QED) is 0.485. The van der Waals surface area contributed by atoms with E-state index in [9.17, 15) is 21.6 Å². The molecule has 2 aliphatic rings. The van der Waals surface area contributed by atoms with Crippen LogP contribution in [0.15, 0.2) is 72.2 Å². The van der Waals surface area contributed by atoms with Crippen molar-refractivity contribution in [1.29, 1.82) is 0 Å². The molecule has 0 radical (unpaired) electrons. The number of nitrogens with zero attached hydrogens (tertiary/aromatic N) is 3. The summed E-state index contributed by atoms with van der Waals surface area (Å²) in [5, 5.41) is 1.39. The van der Waals surface area contributed by atoms with Crippen molar-refractivity contribution in [2.24, 2.45) is 0 Å². The van der Waals surface area contributed by atoms with E-state index >= 15 is 0 Å². The SMILES string of the molecule is O=S(=O)(Nc1ncccn1)c1ccc2c(c1)OCC[C@H]2c1ccc(C(F)(F)F)cc1N1NC=CN1. The fraction of sp³-hybridized carbons (Fsp3) is 0.182. The predicted octanol–water partition coefficient (Wildman–Crippen LogP) is 3.51. The topological polar surface area (TPSA) is 108 Å². The molecule has 1 aromatic heterocycles. The van der Waals surface area contributed by atoms with Crippen LogP contribution in [0.1, 0.15) is 29.0 Å². The molecule has 0 amide bonds. The van der Waals surface area contributed by atoms with Gasteiger partial charge in [0.1, 0.15) is 5.75 Å². The molecule has 0 unspecified atom stereocenters. The lowest BCUT2D eigenvalue weighted by molar-refractivity contribution is -0.137. The molecule has 3 heterocycles. The van der Waals surface area contributed by atoms with Gasteiger partial charge in [0.2, 0.25) is 5.95 Å². The molecule has 0 bridgehead atoms. The summed E-state index contributed by atoms with van der Waals surface area (Å²) in [6.07, 6.45) is 1.92. The molecule has 2 aromatic carbocycles. The number of anilines is 2.